The quantitative estimate of drug-likeness (QED) is 0.454. The maximum Gasteiger partial charge on any atom is 0.326 e. The van der Waals surface area contributed by atoms with E-state index in [0.717, 1.165) is 0 Å². The molecule has 0 aromatic heterocycles. The summed E-state index contributed by atoms with van der Waals surface area (Å²) >= 11 is 0. The van der Waals surface area contributed by atoms with Crippen LogP contribution in [0, 0.1) is 12.3 Å². The van der Waals surface area contributed by atoms with Gasteiger partial charge in [-0.3, -0.25) is 4.79 Å². The number of carbonyl (C=O) groups is 3. The summed E-state index contributed by atoms with van der Waals surface area (Å²) in [6.45, 7) is 1.83. The number of terminal acetylenes is 1. The zero-order valence-electron chi connectivity index (χ0n) is 10.1. The van der Waals surface area contributed by atoms with Gasteiger partial charge in [0.1, 0.15) is 6.04 Å². The SMILES string of the molecule is C#CCC(CC)NC(=O)N[C@H](CC(N)=O)C(=O)O. The molecular weight excluding hydrogens is 238 g/mol. The summed E-state index contributed by atoms with van der Waals surface area (Å²) in [5.74, 6) is 0.267. The standard InChI is InChI=1S/C11H17N3O4/c1-3-5-7(4-2)13-11(18)14-8(10(16)17)6-9(12)15/h1,7-8H,4-6H2,2H3,(H2,12,15)(H,16,17)(H2,13,14,18)/t7?,8-/m1/s1. The molecular formula is C11H17N3O4. The lowest BCUT2D eigenvalue weighted by Crippen LogP contribution is -2.50. The van der Waals surface area contributed by atoms with E-state index in [0.29, 0.717) is 12.8 Å². The smallest absolute Gasteiger partial charge is 0.326 e. The monoisotopic (exact) mass is 255 g/mol. The summed E-state index contributed by atoms with van der Waals surface area (Å²) in [6.07, 6.45) is 5.62. The van der Waals surface area contributed by atoms with Crippen molar-refractivity contribution in [1.82, 2.24) is 10.6 Å². The van der Waals surface area contributed by atoms with E-state index in [2.05, 4.69) is 16.6 Å². The molecule has 18 heavy (non-hydrogen) atoms. The average Bonchev–Trinajstić information content (AvgIpc) is 2.26. The number of nitrogens with one attached hydrogen (secondary N) is 2. The molecule has 7 nitrogen and oxygen atoms in total. The molecule has 3 amide bonds. The number of primary amides is 1. The van der Waals surface area contributed by atoms with Crippen LogP contribution in [-0.4, -0.2) is 35.1 Å². The Morgan fingerprint density at radius 3 is 2.39 bits per heavy atom. The molecule has 0 aliphatic heterocycles. The van der Waals surface area contributed by atoms with Crippen LogP contribution < -0.4 is 16.4 Å². The van der Waals surface area contributed by atoms with Gasteiger partial charge in [-0.25, -0.2) is 9.59 Å². The third kappa shape index (κ3) is 6.37. The second-order valence-corrected chi connectivity index (χ2v) is 3.69. The highest BCUT2D eigenvalue weighted by atomic mass is 16.4. The Hall–Kier alpha value is -2.23. The number of hydrogen-bond acceptors (Lipinski definition) is 3. The van der Waals surface area contributed by atoms with Crippen LogP contribution in [0.5, 0.6) is 0 Å². The Labute approximate surface area is 105 Å². The minimum atomic E-state index is -1.34. The number of amides is 3. The van der Waals surface area contributed by atoms with Crippen molar-refractivity contribution in [2.75, 3.05) is 0 Å². The predicted molar refractivity (Wildman–Crippen MR) is 64.4 cm³/mol. The fraction of sp³-hybridized carbons (Fsp3) is 0.545. The number of carbonyl (C=O) groups excluding carboxylic acids is 2. The average molecular weight is 255 g/mol. The largest absolute Gasteiger partial charge is 0.480 e. The fourth-order valence-corrected chi connectivity index (χ4v) is 1.23. The van der Waals surface area contributed by atoms with Crippen LogP contribution in [0.15, 0.2) is 0 Å². The van der Waals surface area contributed by atoms with Crippen LogP contribution in [0.2, 0.25) is 0 Å². The van der Waals surface area contributed by atoms with E-state index in [4.69, 9.17) is 17.3 Å². The van der Waals surface area contributed by atoms with Gasteiger partial charge >= 0.3 is 12.0 Å². The Kier molecular flexibility index (Phi) is 6.96. The molecule has 0 saturated carbocycles. The molecule has 0 spiro atoms. The Balaban J connectivity index is 4.38. The van der Waals surface area contributed by atoms with E-state index in [-0.39, 0.29) is 6.04 Å². The minimum absolute atomic E-state index is 0.238. The van der Waals surface area contributed by atoms with E-state index in [9.17, 15) is 14.4 Å². The molecule has 2 atom stereocenters. The highest BCUT2D eigenvalue weighted by Gasteiger charge is 2.22. The van der Waals surface area contributed by atoms with Crippen molar-refractivity contribution in [3.63, 3.8) is 0 Å². The maximum atomic E-state index is 11.5. The van der Waals surface area contributed by atoms with Gasteiger partial charge < -0.3 is 21.5 Å². The van der Waals surface area contributed by atoms with Crippen molar-refractivity contribution in [3.8, 4) is 12.3 Å². The van der Waals surface area contributed by atoms with E-state index in [1.165, 1.54) is 0 Å². The molecule has 0 rings (SSSR count). The number of urea groups is 1. The highest BCUT2D eigenvalue weighted by Crippen LogP contribution is 1.97. The summed E-state index contributed by atoms with van der Waals surface area (Å²) in [6, 6.07) is -2.27. The van der Waals surface area contributed by atoms with E-state index in [1.807, 2.05) is 6.92 Å². The number of aliphatic carboxylic acids is 1. The molecule has 5 N–H and O–H groups in total. The second-order valence-electron chi connectivity index (χ2n) is 3.69. The van der Waals surface area contributed by atoms with Gasteiger partial charge in [-0.05, 0) is 6.42 Å². The summed E-state index contributed by atoms with van der Waals surface area (Å²) in [5.41, 5.74) is 4.88. The molecule has 100 valence electrons. The first-order chi connectivity index (χ1) is 8.40. The highest BCUT2D eigenvalue weighted by molar-refractivity contribution is 5.87. The third-order valence-corrected chi connectivity index (χ3v) is 2.20. The first-order valence-corrected chi connectivity index (χ1v) is 5.42. The van der Waals surface area contributed by atoms with Crippen molar-refractivity contribution < 1.29 is 19.5 Å². The predicted octanol–water partition coefficient (Wildman–Crippen LogP) is -0.584. The zero-order chi connectivity index (χ0) is 14.1. The third-order valence-electron chi connectivity index (χ3n) is 2.20. The van der Waals surface area contributed by atoms with Crippen molar-refractivity contribution in [2.24, 2.45) is 5.73 Å². The number of carboxylic acid groups (broad SMARTS) is 1. The number of rotatable bonds is 7. The number of hydrogen-bond donors (Lipinski definition) is 4. The lowest BCUT2D eigenvalue weighted by atomic mass is 10.1. The lowest BCUT2D eigenvalue weighted by molar-refractivity contribution is -0.140. The van der Waals surface area contributed by atoms with Crippen molar-refractivity contribution in [3.05, 3.63) is 0 Å². The zero-order valence-corrected chi connectivity index (χ0v) is 10.1. The summed E-state index contributed by atoms with van der Waals surface area (Å²) in [7, 11) is 0. The molecule has 0 fully saturated rings. The van der Waals surface area contributed by atoms with Crippen molar-refractivity contribution in [1.29, 1.82) is 0 Å². The number of carboxylic acids is 1. The van der Waals surface area contributed by atoms with Crippen LogP contribution >= 0.6 is 0 Å². The van der Waals surface area contributed by atoms with Gasteiger partial charge in [0.15, 0.2) is 0 Å². The van der Waals surface area contributed by atoms with Crippen LogP contribution in [0.25, 0.3) is 0 Å². The minimum Gasteiger partial charge on any atom is -0.480 e. The Morgan fingerprint density at radius 1 is 1.39 bits per heavy atom. The summed E-state index contributed by atoms with van der Waals surface area (Å²) < 4.78 is 0. The lowest BCUT2D eigenvalue weighted by Gasteiger charge is -2.18. The second kappa shape index (κ2) is 7.95. The summed E-state index contributed by atoms with van der Waals surface area (Å²) in [5, 5.41) is 13.5. The van der Waals surface area contributed by atoms with E-state index < -0.39 is 30.4 Å². The fourth-order valence-electron chi connectivity index (χ4n) is 1.23. The molecule has 0 radical (unpaired) electrons. The van der Waals surface area contributed by atoms with Crippen LogP contribution in [-0.2, 0) is 9.59 Å². The van der Waals surface area contributed by atoms with Crippen LogP contribution in [0.3, 0.4) is 0 Å². The molecule has 0 aliphatic carbocycles. The van der Waals surface area contributed by atoms with Gasteiger partial charge in [0.05, 0.1) is 6.42 Å². The van der Waals surface area contributed by atoms with Gasteiger partial charge in [-0.2, -0.15) is 0 Å². The Morgan fingerprint density at radius 2 is 2.00 bits per heavy atom. The molecule has 0 saturated heterocycles. The molecule has 0 bridgehead atoms. The molecule has 1 unspecified atom stereocenters. The molecule has 0 heterocycles. The van der Waals surface area contributed by atoms with Gasteiger partial charge in [0.25, 0.3) is 0 Å². The first-order valence-electron chi connectivity index (χ1n) is 5.42. The maximum absolute atomic E-state index is 11.5. The summed E-state index contributed by atoms with van der Waals surface area (Å²) in [4.78, 5) is 32.9. The molecule has 0 aliphatic rings. The van der Waals surface area contributed by atoms with Crippen molar-refractivity contribution in [2.45, 2.75) is 38.3 Å². The molecule has 7 heteroatoms. The van der Waals surface area contributed by atoms with Gasteiger partial charge in [0.2, 0.25) is 5.91 Å². The van der Waals surface area contributed by atoms with Gasteiger partial charge in [-0.1, -0.05) is 6.92 Å². The van der Waals surface area contributed by atoms with Crippen LogP contribution in [0.1, 0.15) is 26.2 Å². The molecule has 0 aromatic rings. The van der Waals surface area contributed by atoms with E-state index >= 15 is 0 Å². The Bertz CT molecular complexity index is 362. The van der Waals surface area contributed by atoms with Gasteiger partial charge in [-0.15, -0.1) is 12.3 Å². The molecule has 0 aromatic carbocycles. The van der Waals surface area contributed by atoms with E-state index in [1.54, 1.807) is 0 Å². The number of nitrogens with two attached hydrogens (primary N) is 1. The topological polar surface area (TPSA) is 122 Å². The normalized spacial score (nSPS) is 12.9. The van der Waals surface area contributed by atoms with Crippen molar-refractivity contribution >= 4 is 17.9 Å². The first kappa shape index (κ1) is 15.8. The van der Waals surface area contributed by atoms with Gasteiger partial charge in [0, 0.05) is 12.5 Å². The van der Waals surface area contributed by atoms with Crippen LogP contribution in [0.4, 0.5) is 4.79 Å².